The number of hydrogen-bond donors (Lipinski definition) is 3. The number of phosphoric ester groups is 1. The quantitative estimate of drug-likeness (QED) is 0.359. The van der Waals surface area contributed by atoms with E-state index in [1.807, 2.05) is 0 Å². The summed E-state index contributed by atoms with van der Waals surface area (Å²) in [6.07, 6.45) is 8.56. The molecule has 0 aromatic carbocycles. The van der Waals surface area contributed by atoms with Crippen LogP contribution in [0, 0.1) is 11.8 Å². The van der Waals surface area contributed by atoms with Gasteiger partial charge in [-0.2, -0.15) is 0 Å². The molecule has 0 saturated carbocycles. The standard InChI is InChI=1S/C16H35O4P.C2H6O2/c1-5-9-11-15(7-3)13-19-21(17,18)20-14-16(8-4)12-10-6-2;3-1-2-4/h15-16H,5-14H2,1-4H3,(H,17,18);3-4H,1-2H2. The fourth-order valence-electron chi connectivity index (χ4n) is 2.23. The van der Waals surface area contributed by atoms with Gasteiger partial charge in [0.05, 0.1) is 26.4 Å². The van der Waals surface area contributed by atoms with Crippen LogP contribution in [0.4, 0.5) is 0 Å². The Morgan fingerprint density at radius 2 is 1.16 bits per heavy atom. The van der Waals surface area contributed by atoms with Gasteiger partial charge in [-0.3, -0.25) is 9.05 Å². The third-order valence-electron chi connectivity index (χ3n) is 4.13. The average molecular weight is 384 g/mol. The maximum absolute atomic E-state index is 11.9. The highest BCUT2D eigenvalue weighted by Crippen LogP contribution is 2.44. The Labute approximate surface area is 154 Å². The molecule has 154 valence electrons. The molecule has 0 heterocycles. The van der Waals surface area contributed by atoms with E-state index in [9.17, 15) is 9.46 Å². The van der Waals surface area contributed by atoms with Gasteiger partial charge in [-0.1, -0.05) is 66.2 Å². The summed E-state index contributed by atoms with van der Waals surface area (Å²) < 4.78 is 22.2. The molecular weight excluding hydrogens is 343 g/mol. The second-order valence-electron chi connectivity index (χ2n) is 6.34. The van der Waals surface area contributed by atoms with Crippen molar-refractivity contribution in [1.82, 2.24) is 0 Å². The Kier molecular flexibility index (Phi) is 20.5. The van der Waals surface area contributed by atoms with E-state index in [0.717, 1.165) is 51.4 Å². The van der Waals surface area contributed by atoms with Gasteiger partial charge in [-0.25, -0.2) is 4.57 Å². The number of phosphoric acid groups is 1. The van der Waals surface area contributed by atoms with Crippen molar-refractivity contribution in [3.63, 3.8) is 0 Å². The molecule has 0 saturated heterocycles. The summed E-state index contributed by atoms with van der Waals surface area (Å²) in [6, 6.07) is 0. The van der Waals surface area contributed by atoms with Gasteiger partial charge >= 0.3 is 7.82 Å². The van der Waals surface area contributed by atoms with Gasteiger partial charge in [-0.05, 0) is 24.7 Å². The summed E-state index contributed by atoms with van der Waals surface area (Å²) in [5.41, 5.74) is 0. The van der Waals surface area contributed by atoms with Crippen LogP contribution in [0.2, 0.25) is 0 Å². The zero-order valence-corrected chi connectivity index (χ0v) is 17.5. The molecule has 0 aliphatic heterocycles. The number of rotatable bonds is 15. The highest BCUT2D eigenvalue weighted by Gasteiger charge is 2.24. The summed E-state index contributed by atoms with van der Waals surface area (Å²) in [5.74, 6) is 0.687. The summed E-state index contributed by atoms with van der Waals surface area (Å²) in [4.78, 5) is 9.77. The van der Waals surface area contributed by atoms with E-state index in [-0.39, 0.29) is 13.2 Å². The Balaban J connectivity index is 0. The van der Waals surface area contributed by atoms with Gasteiger partial charge in [0.1, 0.15) is 0 Å². The summed E-state index contributed by atoms with van der Waals surface area (Å²) in [6.45, 7) is 8.85. The van der Waals surface area contributed by atoms with Crippen molar-refractivity contribution in [2.45, 2.75) is 79.1 Å². The van der Waals surface area contributed by atoms with Crippen LogP contribution in [0.15, 0.2) is 0 Å². The maximum atomic E-state index is 11.9. The summed E-state index contributed by atoms with van der Waals surface area (Å²) in [7, 11) is -3.89. The molecule has 7 heteroatoms. The molecular formula is C18H41O6P. The van der Waals surface area contributed by atoms with Crippen molar-refractivity contribution in [3.05, 3.63) is 0 Å². The smallest absolute Gasteiger partial charge is 0.394 e. The molecule has 0 fully saturated rings. The first-order chi connectivity index (χ1) is 11.9. The van der Waals surface area contributed by atoms with Gasteiger partial charge in [-0.15, -0.1) is 0 Å². The third-order valence-corrected chi connectivity index (χ3v) is 5.08. The number of hydrogen-bond acceptors (Lipinski definition) is 5. The summed E-state index contributed by atoms with van der Waals surface area (Å²) in [5, 5.41) is 15.2. The number of aliphatic hydroxyl groups excluding tert-OH is 2. The van der Waals surface area contributed by atoms with Crippen molar-refractivity contribution >= 4 is 7.82 Å². The van der Waals surface area contributed by atoms with Crippen LogP contribution in [0.5, 0.6) is 0 Å². The lowest BCUT2D eigenvalue weighted by Gasteiger charge is -2.20. The highest BCUT2D eigenvalue weighted by atomic mass is 31.2. The van der Waals surface area contributed by atoms with E-state index in [0.29, 0.717) is 25.0 Å². The molecule has 0 aliphatic rings. The predicted molar refractivity (Wildman–Crippen MR) is 103 cm³/mol. The van der Waals surface area contributed by atoms with E-state index < -0.39 is 7.82 Å². The normalized spacial score (nSPS) is 15.8. The molecule has 6 nitrogen and oxygen atoms in total. The van der Waals surface area contributed by atoms with Crippen molar-refractivity contribution in [2.24, 2.45) is 11.8 Å². The predicted octanol–water partition coefficient (Wildman–Crippen LogP) is 4.52. The fourth-order valence-corrected chi connectivity index (χ4v) is 3.11. The Morgan fingerprint density at radius 1 is 0.800 bits per heavy atom. The molecule has 0 radical (unpaired) electrons. The molecule has 2 unspecified atom stereocenters. The molecule has 25 heavy (non-hydrogen) atoms. The van der Waals surface area contributed by atoms with E-state index in [4.69, 9.17) is 19.3 Å². The largest absolute Gasteiger partial charge is 0.472 e. The third kappa shape index (κ3) is 18.6. The Morgan fingerprint density at radius 3 is 1.40 bits per heavy atom. The van der Waals surface area contributed by atoms with Gasteiger partial charge in [0.25, 0.3) is 0 Å². The highest BCUT2D eigenvalue weighted by molar-refractivity contribution is 7.47. The molecule has 0 rings (SSSR count). The minimum Gasteiger partial charge on any atom is -0.394 e. The number of unbranched alkanes of at least 4 members (excludes halogenated alkanes) is 2. The molecule has 0 aromatic rings. The first kappa shape index (κ1) is 27.3. The SMILES string of the molecule is CCCCC(CC)COP(=O)(O)OCC(CC)CCCC.OCCO. The van der Waals surface area contributed by atoms with Crippen LogP contribution in [0.3, 0.4) is 0 Å². The second-order valence-corrected chi connectivity index (χ2v) is 7.79. The van der Waals surface area contributed by atoms with Crippen LogP contribution >= 0.6 is 7.82 Å². The molecule has 3 N–H and O–H groups in total. The lowest BCUT2D eigenvalue weighted by atomic mass is 10.0. The maximum Gasteiger partial charge on any atom is 0.472 e. The van der Waals surface area contributed by atoms with E-state index in [1.54, 1.807) is 0 Å². The molecule has 0 spiro atoms. The average Bonchev–Trinajstić information content (AvgIpc) is 2.62. The van der Waals surface area contributed by atoms with Crippen LogP contribution in [0.25, 0.3) is 0 Å². The van der Waals surface area contributed by atoms with Crippen LogP contribution < -0.4 is 0 Å². The minimum absolute atomic E-state index is 0.125. The van der Waals surface area contributed by atoms with Crippen molar-refractivity contribution in [3.8, 4) is 0 Å². The van der Waals surface area contributed by atoms with Crippen LogP contribution in [0.1, 0.15) is 79.1 Å². The van der Waals surface area contributed by atoms with E-state index >= 15 is 0 Å². The molecule has 0 amide bonds. The van der Waals surface area contributed by atoms with Gasteiger partial charge in [0.15, 0.2) is 0 Å². The fraction of sp³-hybridized carbons (Fsp3) is 1.00. The first-order valence-corrected chi connectivity index (χ1v) is 11.2. The zero-order valence-electron chi connectivity index (χ0n) is 16.7. The monoisotopic (exact) mass is 384 g/mol. The van der Waals surface area contributed by atoms with Crippen molar-refractivity contribution in [1.29, 1.82) is 0 Å². The molecule has 0 bridgehead atoms. The van der Waals surface area contributed by atoms with Crippen LogP contribution in [-0.4, -0.2) is 41.5 Å². The van der Waals surface area contributed by atoms with Crippen LogP contribution in [-0.2, 0) is 13.6 Å². The first-order valence-electron chi connectivity index (χ1n) is 9.74. The lowest BCUT2D eigenvalue weighted by Crippen LogP contribution is -2.12. The molecule has 2 atom stereocenters. The van der Waals surface area contributed by atoms with E-state index in [1.165, 1.54) is 0 Å². The zero-order chi connectivity index (χ0) is 19.6. The Hall–Kier alpha value is 0.0300. The minimum atomic E-state index is -3.89. The van der Waals surface area contributed by atoms with Gasteiger partial charge in [0, 0.05) is 0 Å². The summed E-state index contributed by atoms with van der Waals surface area (Å²) >= 11 is 0. The number of aliphatic hydroxyl groups is 2. The topological polar surface area (TPSA) is 96.2 Å². The second kappa shape index (κ2) is 18.8. The van der Waals surface area contributed by atoms with Crippen molar-refractivity contribution in [2.75, 3.05) is 26.4 Å². The van der Waals surface area contributed by atoms with Gasteiger partial charge in [0.2, 0.25) is 0 Å². The molecule has 0 aliphatic carbocycles. The van der Waals surface area contributed by atoms with Crippen molar-refractivity contribution < 1.29 is 28.7 Å². The Bertz CT molecular complexity index is 288. The molecule has 0 aromatic heterocycles. The lowest BCUT2D eigenvalue weighted by molar-refractivity contribution is 0.110. The van der Waals surface area contributed by atoms with E-state index in [2.05, 4.69) is 27.7 Å². The van der Waals surface area contributed by atoms with Gasteiger partial charge < -0.3 is 15.1 Å².